The fourth-order valence-electron chi connectivity index (χ4n) is 6.76. The predicted octanol–water partition coefficient (Wildman–Crippen LogP) is 2.17. The summed E-state index contributed by atoms with van der Waals surface area (Å²) >= 11 is 0. The first-order valence-corrected chi connectivity index (χ1v) is 10.7. The van der Waals surface area contributed by atoms with Crippen LogP contribution in [-0.4, -0.2) is 60.8 Å². The van der Waals surface area contributed by atoms with Gasteiger partial charge in [0.15, 0.2) is 11.5 Å². The molecule has 0 aromatic carbocycles. The number of carbonyl (C=O) groups is 1. The molecule has 4 bridgehead atoms. The summed E-state index contributed by atoms with van der Waals surface area (Å²) in [7, 11) is 1.95. The zero-order valence-corrected chi connectivity index (χ0v) is 16.4. The molecule has 1 aliphatic heterocycles. The minimum atomic E-state index is 0.0186. The molecular formula is C21H31N5O. The van der Waals surface area contributed by atoms with Crippen molar-refractivity contribution in [3.8, 4) is 0 Å². The second-order valence-corrected chi connectivity index (χ2v) is 9.59. The highest BCUT2D eigenvalue weighted by molar-refractivity contribution is 5.92. The third-order valence-corrected chi connectivity index (χ3v) is 7.39. The number of nitrogens with zero attached hydrogens (tertiary/aromatic N) is 4. The molecule has 0 spiro atoms. The summed E-state index contributed by atoms with van der Waals surface area (Å²) in [5.74, 6) is 3.63. The molecule has 4 saturated carbocycles. The summed E-state index contributed by atoms with van der Waals surface area (Å²) in [5.41, 5.74) is 0.842. The van der Waals surface area contributed by atoms with Crippen molar-refractivity contribution in [3.05, 3.63) is 17.8 Å². The molecule has 6 nitrogen and oxygen atoms in total. The van der Waals surface area contributed by atoms with Crippen LogP contribution in [0.2, 0.25) is 0 Å². The highest BCUT2D eigenvalue weighted by atomic mass is 16.2. The summed E-state index contributed by atoms with van der Waals surface area (Å²) in [6.07, 6.45) is 8.29. The van der Waals surface area contributed by atoms with Crippen LogP contribution in [0.4, 0.5) is 5.82 Å². The van der Waals surface area contributed by atoms with Gasteiger partial charge >= 0.3 is 0 Å². The molecule has 0 radical (unpaired) electrons. The van der Waals surface area contributed by atoms with Crippen LogP contribution in [0.5, 0.6) is 0 Å². The Hall–Kier alpha value is -1.69. The van der Waals surface area contributed by atoms with Gasteiger partial charge in [-0.05, 0) is 73.8 Å². The zero-order chi connectivity index (χ0) is 18.4. The van der Waals surface area contributed by atoms with Crippen LogP contribution >= 0.6 is 0 Å². The second kappa shape index (κ2) is 6.73. The van der Waals surface area contributed by atoms with Gasteiger partial charge in [0.05, 0.1) is 0 Å². The Bertz CT molecular complexity index is 662. The molecule has 5 fully saturated rings. The maximum Gasteiger partial charge on any atom is 0.274 e. The maximum absolute atomic E-state index is 13.0. The predicted molar refractivity (Wildman–Crippen MR) is 105 cm³/mol. The zero-order valence-electron chi connectivity index (χ0n) is 16.4. The van der Waals surface area contributed by atoms with Crippen molar-refractivity contribution in [1.82, 2.24) is 20.4 Å². The lowest BCUT2D eigenvalue weighted by molar-refractivity contribution is -0.0629. The van der Waals surface area contributed by atoms with E-state index in [9.17, 15) is 4.79 Å². The van der Waals surface area contributed by atoms with E-state index in [0.29, 0.717) is 11.1 Å². The quantitative estimate of drug-likeness (QED) is 0.881. The summed E-state index contributed by atoms with van der Waals surface area (Å²) < 4.78 is 0. The number of amides is 1. The molecule has 2 heterocycles. The highest BCUT2D eigenvalue weighted by Gasteiger charge is 2.51. The average molecular weight is 370 g/mol. The van der Waals surface area contributed by atoms with Crippen molar-refractivity contribution in [2.75, 3.05) is 44.7 Å². The molecule has 6 heteroatoms. The molecule has 146 valence electrons. The van der Waals surface area contributed by atoms with Crippen molar-refractivity contribution >= 4 is 11.7 Å². The maximum atomic E-state index is 13.0. The summed E-state index contributed by atoms with van der Waals surface area (Å²) in [4.78, 5) is 17.1. The number of hydrogen-bond acceptors (Lipinski definition) is 5. The molecule has 1 N–H and O–H groups in total. The smallest absolute Gasteiger partial charge is 0.274 e. The van der Waals surface area contributed by atoms with Crippen molar-refractivity contribution in [3.63, 3.8) is 0 Å². The van der Waals surface area contributed by atoms with Gasteiger partial charge in [0, 0.05) is 39.8 Å². The van der Waals surface area contributed by atoms with Crippen molar-refractivity contribution < 1.29 is 4.79 Å². The van der Waals surface area contributed by atoms with E-state index in [-0.39, 0.29) is 5.91 Å². The van der Waals surface area contributed by atoms with Crippen LogP contribution in [0, 0.1) is 23.2 Å². The number of nitrogens with one attached hydrogen (secondary N) is 1. The van der Waals surface area contributed by atoms with E-state index in [0.717, 1.165) is 56.3 Å². The fraction of sp³-hybridized carbons (Fsp3) is 0.762. The van der Waals surface area contributed by atoms with E-state index in [4.69, 9.17) is 0 Å². The number of aromatic nitrogens is 2. The van der Waals surface area contributed by atoms with Gasteiger partial charge in [-0.1, -0.05) is 0 Å². The number of anilines is 1. The number of hydrogen-bond donors (Lipinski definition) is 1. The van der Waals surface area contributed by atoms with Gasteiger partial charge in [-0.15, -0.1) is 10.2 Å². The third-order valence-electron chi connectivity index (χ3n) is 7.39. The first-order valence-electron chi connectivity index (χ1n) is 10.7. The van der Waals surface area contributed by atoms with Crippen molar-refractivity contribution in [1.29, 1.82) is 0 Å². The number of carbonyl (C=O) groups excluding carboxylic acids is 1. The normalized spacial score (nSPS) is 34.7. The first-order chi connectivity index (χ1) is 13.1. The lowest BCUT2D eigenvalue weighted by Crippen LogP contribution is -2.51. The van der Waals surface area contributed by atoms with Gasteiger partial charge < -0.3 is 15.1 Å². The molecule has 6 rings (SSSR count). The van der Waals surface area contributed by atoms with E-state index in [1.165, 1.54) is 38.5 Å². The SMILES string of the molecule is CN(CC12CC3CC(CC(C3)C1)C2)C(=O)c1ccc(N2CCNCC2)nn1. The molecule has 0 unspecified atom stereocenters. The summed E-state index contributed by atoms with van der Waals surface area (Å²) in [6, 6.07) is 3.80. The van der Waals surface area contributed by atoms with E-state index in [1.54, 1.807) is 0 Å². The van der Waals surface area contributed by atoms with Gasteiger partial charge in [-0.25, -0.2) is 0 Å². The molecular weight excluding hydrogens is 338 g/mol. The molecule has 27 heavy (non-hydrogen) atoms. The van der Waals surface area contributed by atoms with Crippen LogP contribution in [0.3, 0.4) is 0 Å². The van der Waals surface area contributed by atoms with Crippen molar-refractivity contribution in [2.45, 2.75) is 38.5 Å². The van der Waals surface area contributed by atoms with E-state index in [1.807, 2.05) is 24.1 Å². The molecule has 5 aliphatic rings. The second-order valence-electron chi connectivity index (χ2n) is 9.59. The van der Waals surface area contributed by atoms with Crippen LogP contribution in [0.15, 0.2) is 12.1 Å². The first kappa shape index (κ1) is 17.4. The van der Waals surface area contributed by atoms with Gasteiger partial charge in [-0.3, -0.25) is 4.79 Å². The lowest BCUT2D eigenvalue weighted by atomic mass is 9.49. The lowest BCUT2D eigenvalue weighted by Gasteiger charge is -2.57. The largest absolute Gasteiger partial charge is 0.353 e. The Balaban J connectivity index is 1.25. The Labute approximate surface area is 161 Å². The highest BCUT2D eigenvalue weighted by Crippen LogP contribution is 2.60. The van der Waals surface area contributed by atoms with Gasteiger partial charge in [0.25, 0.3) is 5.91 Å². The van der Waals surface area contributed by atoms with E-state index >= 15 is 0 Å². The molecule has 0 atom stereocenters. The molecule has 1 amide bonds. The Morgan fingerprint density at radius 1 is 1.11 bits per heavy atom. The Kier molecular flexibility index (Phi) is 4.34. The molecule has 4 aliphatic carbocycles. The van der Waals surface area contributed by atoms with Gasteiger partial charge in [0.2, 0.25) is 0 Å². The summed E-state index contributed by atoms with van der Waals surface area (Å²) in [5, 5.41) is 11.9. The van der Waals surface area contributed by atoms with Crippen molar-refractivity contribution in [2.24, 2.45) is 23.2 Å². The molecule has 1 saturated heterocycles. The Morgan fingerprint density at radius 3 is 2.30 bits per heavy atom. The topological polar surface area (TPSA) is 61.4 Å². The average Bonchev–Trinajstić information content (AvgIpc) is 2.67. The van der Waals surface area contributed by atoms with Crippen LogP contribution in [0.25, 0.3) is 0 Å². The number of rotatable bonds is 4. The summed E-state index contributed by atoms with van der Waals surface area (Å²) in [6.45, 7) is 4.70. The molecule has 1 aromatic rings. The minimum Gasteiger partial charge on any atom is -0.353 e. The van der Waals surface area contributed by atoms with E-state index in [2.05, 4.69) is 20.4 Å². The van der Waals surface area contributed by atoms with Gasteiger partial charge in [0.1, 0.15) is 0 Å². The van der Waals surface area contributed by atoms with E-state index < -0.39 is 0 Å². The minimum absolute atomic E-state index is 0.0186. The monoisotopic (exact) mass is 369 g/mol. The Morgan fingerprint density at radius 2 is 1.74 bits per heavy atom. The standard InChI is InChI=1S/C21H31N5O/c1-25(14-21-11-15-8-16(12-21)10-17(9-15)13-21)20(27)18-2-3-19(24-23-18)26-6-4-22-5-7-26/h2-3,15-17,22H,4-14H2,1H3. The molecule has 1 aromatic heterocycles. The number of piperazine rings is 1. The fourth-order valence-corrected chi connectivity index (χ4v) is 6.76. The van der Waals surface area contributed by atoms with Crippen LogP contribution in [0.1, 0.15) is 49.0 Å². The van der Waals surface area contributed by atoms with Crippen LogP contribution < -0.4 is 10.2 Å². The third kappa shape index (κ3) is 3.33. The van der Waals surface area contributed by atoms with Gasteiger partial charge in [-0.2, -0.15) is 0 Å². The van der Waals surface area contributed by atoms with Crippen LogP contribution in [-0.2, 0) is 0 Å².